The molecule has 0 aliphatic carbocycles. The lowest BCUT2D eigenvalue weighted by molar-refractivity contribution is -0.384. The van der Waals surface area contributed by atoms with Crippen LogP contribution >= 0.6 is 0 Å². The van der Waals surface area contributed by atoms with E-state index >= 15 is 0 Å². The second-order valence-corrected chi connectivity index (χ2v) is 5.00. The summed E-state index contributed by atoms with van der Waals surface area (Å²) >= 11 is 0. The number of hydrogen-bond donors (Lipinski definition) is 1. The van der Waals surface area contributed by atoms with E-state index in [1.165, 1.54) is 0 Å². The topological polar surface area (TPSA) is 76.9 Å². The van der Waals surface area contributed by atoms with E-state index in [0.29, 0.717) is 50.0 Å². The van der Waals surface area contributed by atoms with E-state index in [-0.39, 0.29) is 16.7 Å². The van der Waals surface area contributed by atoms with Crippen molar-refractivity contribution in [1.29, 1.82) is 0 Å². The van der Waals surface area contributed by atoms with Crippen LogP contribution in [0.3, 0.4) is 0 Å². The Kier molecular flexibility index (Phi) is 3.35. The molecule has 1 N–H and O–H groups in total. The molecule has 1 fully saturated rings. The molecule has 1 saturated heterocycles. The number of nitrogens with zero attached hydrogens (tertiary/aromatic N) is 2. The summed E-state index contributed by atoms with van der Waals surface area (Å²) in [6.07, 6.45) is 0.0569. The Bertz CT molecular complexity index is 529. The highest BCUT2D eigenvalue weighted by atomic mass is 16.6. The minimum absolute atomic E-state index is 0.0569. The number of nitrogens with one attached hydrogen (secondary N) is 1. The van der Waals surface area contributed by atoms with Gasteiger partial charge in [0.2, 0.25) is 0 Å². The summed E-state index contributed by atoms with van der Waals surface area (Å²) in [7, 11) is 0. The molecule has 1 atom stereocenters. The summed E-state index contributed by atoms with van der Waals surface area (Å²) in [5.41, 5.74) is 1.40. The number of nitro groups is 1. The normalized spacial score (nSPS) is 21.6. The zero-order valence-corrected chi connectivity index (χ0v) is 11.3. The average molecular weight is 279 g/mol. The van der Waals surface area contributed by atoms with Crippen molar-refractivity contribution in [2.75, 3.05) is 43.1 Å². The van der Waals surface area contributed by atoms with Crippen LogP contribution in [-0.4, -0.2) is 43.9 Å². The average Bonchev–Trinajstić information content (AvgIpc) is 2.46. The molecular weight excluding hydrogens is 262 g/mol. The first kappa shape index (κ1) is 13.0. The van der Waals surface area contributed by atoms with Gasteiger partial charge in [0.15, 0.2) is 0 Å². The Labute approximate surface area is 116 Å². The number of anilines is 2. The molecular formula is C13H17N3O4. The fraction of sp³-hybridized carbons (Fsp3) is 0.538. The lowest BCUT2D eigenvalue weighted by Crippen LogP contribution is -2.37. The van der Waals surface area contributed by atoms with Gasteiger partial charge in [-0.1, -0.05) is 0 Å². The number of morpholine rings is 1. The number of hydrogen-bond acceptors (Lipinski definition) is 6. The van der Waals surface area contributed by atoms with Gasteiger partial charge in [-0.15, -0.1) is 0 Å². The maximum atomic E-state index is 11.3. The fourth-order valence-electron chi connectivity index (χ4n) is 2.51. The molecule has 2 aliphatic heterocycles. The highest BCUT2D eigenvalue weighted by Crippen LogP contribution is 2.40. The summed E-state index contributed by atoms with van der Waals surface area (Å²) in [4.78, 5) is 12.9. The van der Waals surface area contributed by atoms with Gasteiger partial charge in [-0.05, 0) is 6.92 Å². The first-order chi connectivity index (χ1) is 9.65. The van der Waals surface area contributed by atoms with E-state index < -0.39 is 0 Å². The Morgan fingerprint density at radius 2 is 2.15 bits per heavy atom. The standard InChI is InChI=1S/C13H17N3O4/c1-9-8-14-10-6-12(16(17)18)11(7-13(10)20-9)15-2-4-19-5-3-15/h6-7,9,14H,2-5,8H2,1H3. The third-order valence-electron chi connectivity index (χ3n) is 3.53. The van der Waals surface area contributed by atoms with Crippen molar-refractivity contribution < 1.29 is 14.4 Å². The van der Waals surface area contributed by atoms with Crippen molar-refractivity contribution in [3.05, 3.63) is 22.2 Å². The maximum absolute atomic E-state index is 11.3. The van der Waals surface area contributed by atoms with Gasteiger partial charge in [-0.2, -0.15) is 0 Å². The van der Waals surface area contributed by atoms with Crippen LogP contribution in [-0.2, 0) is 4.74 Å². The van der Waals surface area contributed by atoms with E-state index in [2.05, 4.69) is 5.32 Å². The second-order valence-electron chi connectivity index (χ2n) is 5.00. The molecule has 7 heteroatoms. The summed E-state index contributed by atoms with van der Waals surface area (Å²) < 4.78 is 11.1. The third kappa shape index (κ3) is 2.36. The van der Waals surface area contributed by atoms with Gasteiger partial charge in [0, 0.05) is 25.2 Å². The van der Waals surface area contributed by atoms with E-state index in [9.17, 15) is 10.1 Å². The minimum Gasteiger partial charge on any atom is -0.487 e. The minimum atomic E-state index is -0.342. The highest BCUT2D eigenvalue weighted by molar-refractivity contribution is 5.75. The Balaban J connectivity index is 2.01. The van der Waals surface area contributed by atoms with Crippen LogP contribution < -0.4 is 15.0 Å². The first-order valence-electron chi connectivity index (χ1n) is 6.71. The fourth-order valence-corrected chi connectivity index (χ4v) is 2.51. The van der Waals surface area contributed by atoms with Gasteiger partial charge < -0.3 is 19.7 Å². The Morgan fingerprint density at radius 1 is 1.40 bits per heavy atom. The molecule has 0 radical (unpaired) electrons. The molecule has 2 heterocycles. The van der Waals surface area contributed by atoms with Crippen LogP contribution in [0.1, 0.15) is 6.92 Å². The number of rotatable bonds is 2. The molecule has 108 valence electrons. The molecule has 0 spiro atoms. The molecule has 1 aromatic carbocycles. The largest absolute Gasteiger partial charge is 0.487 e. The Hall–Kier alpha value is -2.02. The van der Waals surface area contributed by atoms with E-state index in [4.69, 9.17) is 9.47 Å². The number of fused-ring (bicyclic) bond motifs is 1. The Morgan fingerprint density at radius 3 is 2.85 bits per heavy atom. The molecule has 3 rings (SSSR count). The predicted molar refractivity (Wildman–Crippen MR) is 74.7 cm³/mol. The summed E-state index contributed by atoms with van der Waals surface area (Å²) in [5.74, 6) is 0.677. The SMILES string of the molecule is CC1CNc2cc([N+](=O)[O-])c(N3CCOCC3)cc2O1. The van der Waals surface area contributed by atoms with Gasteiger partial charge in [0.05, 0.1) is 30.4 Å². The molecule has 1 unspecified atom stereocenters. The number of nitro benzene ring substituents is 1. The van der Waals surface area contributed by atoms with Gasteiger partial charge in [-0.3, -0.25) is 10.1 Å². The van der Waals surface area contributed by atoms with Crippen LogP contribution in [0.5, 0.6) is 5.75 Å². The van der Waals surface area contributed by atoms with Crippen molar-refractivity contribution in [1.82, 2.24) is 0 Å². The zero-order chi connectivity index (χ0) is 14.1. The molecule has 0 saturated carbocycles. The van der Waals surface area contributed by atoms with Crippen LogP contribution in [0, 0.1) is 10.1 Å². The smallest absolute Gasteiger partial charge is 0.294 e. The molecule has 0 aromatic heterocycles. The zero-order valence-electron chi connectivity index (χ0n) is 11.3. The van der Waals surface area contributed by atoms with Crippen LogP contribution in [0.15, 0.2) is 12.1 Å². The molecule has 2 aliphatic rings. The quantitative estimate of drug-likeness (QED) is 0.655. The van der Waals surface area contributed by atoms with E-state index in [1.807, 2.05) is 11.8 Å². The number of benzene rings is 1. The molecule has 20 heavy (non-hydrogen) atoms. The van der Waals surface area contributed by atoms with Crippen molar-refractivity contribution in [3.63, 3.8) is 0 Å². The molecule has 1 aromatic rings. The van der Waals surface area contributed by atoms with Gasteiger partial charge in [-0.25, -0.2) is 0 Å². The van der Waals surface area contributed by atoms with E-state index in [0.717, 1.165) is 0 Å². The predicted octanol–water partition coefficient (Wildman–Crippen LogP) is 1.62. The van der Waals surface area contributed by atoms with Gasteiger partial charge in [0.1, 0.15) is 17.5 Å². The highest BCUT2D eigenvalue weighted by Gasteiger charge is 2.27. The maximum Gasteiger partial charge on any atom is 0.294 e. The van der Waals surface area contributed by atoms with Crippen molar-refractivity contribution >= 4 is 17.1 Å². The van der Waals surface area contributed by atoms with Gasteiger partial charge >= 0.3 is 0 Å². The van der Waals surface area contributed by atoms with Crippen molar-refractivity contribution in [2.45, 2.75) is 13.0 Å². The van der Waals surface area contributed by atoms with Crippen LogP contribution in [0.4, 0.5) is 17.1 Å². The monoisotopic (exact) mass is 279 g/mol. The summed E-state index contributed by atoms with van der Waals surface area (Å²) in [6.45, 7) is 5.10. The lowest BCUT2D eigenvalue weighted by Gasteiger charge is -2.31. The number of ether oxygens (including phenoxy) is 2. The summed E-state index contributed by atoms with van der Waals surface area (Å²) in [5, 5.41) is 14.5. The second kappa shape index (κ2) is 5.16. The van der Waals surface area contributed by atoms with E-state index in [1.54, 1.807) is 12.1 Å². The molecule has 0 bridgehead atoms. The molecule has 0 amide bonds. The third-order valence-corrected chi connectivity index (χ3v) is 3.53. The van der Waals surface area contributed by atoms with Crippen LogP contribution in [0.25, 0.3) is 0 Å². The van der Waals surface area contributed by atoms with Gasteiger partial charge in [0.25, 0.3) is 5.69 Å². The lowest BCUT2D eigenvalue weighted by atomic mass is 10.1. The van der Waals surface area contributed by atoms with Crippen molar-refractivity contribution in [3.8, 4) is 5.75 Å². The van der Waals surface area contributed by atoms with Crippen LogP contribution in [0.2, 0.25) is 0 Å². The first-order valence-corrected chi connectivity index (χ1v) is 6.71. The molecule has 7 nitrogen and oxygen atoms in total. The van der Waals surface area contributed by atoms with Crippen molar-refractivity contribution in [2.24, 2.45) is 0 Å². The summed E-state index contributed by atoms with van der Waals surface area (Å²) in [6, 6.07) is 3.33.